The molecule has 4 heteroatoms. The summed E-state index contributed by atoms with van der Waals surface area (Å²) in [6, 6.07) is 9.76. The Morgan fingerprint density at radius 2 is 2.03 bits per heavy atom. The van der Waals surface area contributed by atoms with Gasteiger partial charge in [-0.2, -0.15) is 0 Å². The van der Waals surface area contributed by atoms with Crippen molar-refractivity contribution in [3.8, 4) is 0 Å². The molecule has 1 aliphatic carbocycles. The molecule has 0 aliphatic heterocycles. The molecule has 152 valence electrons. The molecule has 0 saturated carbocycles. The lowest BCUT2D eigenvalue weighted by molar-refractivity contribution is 0.321. The summed E-state index contributed by atoms with van der Waals surface area (Å²) >= 11 is 0. The summed E-state index contributed by atoms with van der Waals surface area (Å²) in [5, 5.41) is 11.4. The number of nitrogens with zero attached hydrogens (tertiary/aromatic N) is 1. The zero-order valence-electron chi connectivity index (χ0n) is 18.0. The Labute approximate surface area is 172 Å². The van der Waals surface area contributed by atoms with Gasteiger partial charge in [-0.25, -0.2) is 0 Å². The monoisotopic (exact) mass is 390 g/mol. The van der Waals surface area contributed by atoms with Crippen LogP contribution < -0.4 is 16.0 Å². The smallest absolute Gasteiger partial charge is 0.255 e. The molecule has 1 aromatic heterocycles. The summed E-state index contributed by atoms with van der Waals surface area (Å²) < 4.78 is 0. The molecule has 0 saturated heterocycles. The van der Waals surface area contributed by atoms with Crippen molar-refractivity contribution in [1.82, 2.24) is 4.98 Å². The van der Waals surface area contributed by atoms with Crippen LogP contribution in [0.1, 0.15) is 63.3 Å². The average molecular weight is 391 g/mol. The summed E-state index contributed by atoms with van der Waals surface area (Å²) in [5.74, 6) is 0.185. The Balaban J connectivity index is 2.43. The van der Waals surface area contributed by atoms with Crippen molar-refractivity contribution in [1.29, 1.82) is 0 Å². The maximum atomic E-state index is 12.8. The van der Waals surface area contributed by atoms with E-state index in [4.69, 9.17) is 0 Å². The lowest BCUT2D eigenvalue weighted by atomic mass is 9.68. The fourth-order valence-electron chi connectivity index (χ4n) is 4.17. The van der Waals surface area contributed by atoms with Crippen molar-refractivity contribution in [2.75, 3.05) is 7.05 Å². The first-order chi connectivity index (χ1) is 13.7. The van der Waals surface area contributed by atoms with Crippen LogP contribution in [-0.4, -0.2) is 22.8 Å². The number of aromatic nitrogens is 1. The molecule has 29 heavy (non-hydrogen) atoms. The van der Waals surface area contributed by atoms with Crippen molar-refractivity contribution >= 4 is 23.1 Å². The Bertz CT molecular complexity index is 1160. The largest absolute Gasteiger partial charge is 0.515 e. The first-order valence-electron chi connectivity index (χ1n) is 10.1. The molecular weight excluding hydrogens is 360 g/mol. The van der Waals surface area contributed by atoms with Crippen molar-refractivity contribution < 1.29 is 5.11 Å². The van der Waals surface area contributed by atoms with E-state index in [1.807, 2.05) is 37.3 Å². The predicted octanol–water partition coefficient (Wildman–Crippen LogP) is 3.90. The van der Waals surface area contributed by atoms with E-state index in [1.165, 1.54) is 0 Å². The molecule has 1 unspecified atom stereocenters. The number of rotatable bonds is 2. The fourth-order valence-corrected chi connectivity index (χ4v) is 4.17. The molecule has 2 N–H and O–H groups in total. The number of H-pyrrole nitrogens is 1. The Morgan fingerprint density at radius 1 is 1.34 bits per heavy atom. The zero-order chi connectivity index (χ0) is 21.3. The van der Waals surface area contributed by atoms with Crippen molar-refractivity contribution in [2.45, 2.75) is 46.5 Å². The van der Waals surface area contributed by atoms with Crippen molar-refractivity contribution in [3.05, 3.63) is 74.5 Å². The Hall–Kier alpha value is -2.88. The zero-order valence-corrected chi connectivity index (χ0v) is 18.0. The molecule has 0 spiro atoms. The number of aromatic amines is 1. The molecule has 4 nitrogen and oxygen atoms in total. The highest BCUT2D eigenvalue weighted by atomic mass is 16.2. The van der Waals surface area contributed by atoms with Crippen molar-refractivity contribution in [2.24, 2.45) is 10.4 Å². The third-order valence-corrected chi connectivity index (χ3v) is 5.88. The highest BCUT2D eigenvalue weighted by molar-refractivity contribution is 6.28. The first-order valence-corrected chi connectivity index (χ1v) is 10.1. The number of hydrogen-bond donors (Lipinski definition) is 2. The van der Waals surface area contributed by atoms with Crippen LogP contribution in [0.3, 0.4) is 0 Å². The molecule has 0 amide bonds. The molecule has 1 aromatic carbocycles. The number of allylic oxidation sites excluding steroid dienone is 1. The van der Waals surface area contributed by atoms with Gasteiger partial charge in [-0.1, -0.05) is 58.5 Å². The van der Waals surface area contributed by atoms with Crippen molar-refractivity contribution in [3.63, 3.8) is 0 Å². The van der Waals surface area contributed by atoms with E-state index in [0.717, 1.165) is 57.7 Å². The molecule has 1 atom stereocenters. The van der Waals surface area contributed by atoms with E-state index < -0.39 is 0 Å². The lowest BCUT2D eigenvalue weighted by Crippen LogP contribution is -2.37. The maximum Gasteiger partial charge on any atom is 0.255 e. The van der Waals surface area contributed by atoms with E-state index in [1.54, 1.807) is 7.05 Å². The highest BCUT2D eigenvalue weighted by Gasteiger charge is 2.36. The van der Waals surface area contributed by atoms with Gasteiger partial charge in [-0.3, -0.25) is 9.79 Å². The molecule has 1 aliphatic rings. The van der Waals surface area contributed by atoms with Crippen LogP contribution in [-0.2, 0) is 0 Å². The third-order valence-electron chi connectivity index (χ3n) is 5.88. The van der Waals surface area contributed by atoms with E-state index >= 15 is 0 Å². The van der Waals surface area contributed by atoms with E-state index in [9.17, 15) is 9.90 Å². The van der Waals surface area contributed by atoms with Gasteiger partial charge in [0.15, 0.2) is 0 Å². The number of benzene rings is 1. The maximum absolute atomic E-state index is 12.8. The molecule has 1 heterocycles. The quantitative estimate of drug-likeness (QED) is 0.817. The molecule has 2 aromatic rings. The van der Waals surface area contributed by atoms with E-state index in [2.05, 4.69) is 37.3 Å². The molecule has 0 radical (unpaired) electrons. The fraction of sp³-hybridized carbons (Fsp3) is 0.360. The Morgan fingerprint density at radius 3 is 2.62 bits per heavy atom. The van der Waals surface area contributed by atoms with E-state index in [-0.39, 0.29) is 16.9 Å². The van der Waals surface area contributed by atoms with Gasteiger partial charge >= 0.3 is 0 Å². The third kappa shape index (κ3) is 3.71. The highest BCUT2D eigenvalue weighted by Crippen LogP contribution is 2.45. The van der Waals surface area contributed by atoms with Crippen LogP contribution in [0, 0.1) is 5.41 Å². The second-order valence-electron chi connectivity index (χ2n) is 8.69. The lowest BCUT2D eigenvalue weighted by Gasteiger charge is -2.37. The minimum absolute atomic E-state index is 0.0276. The topological polar surface area (TPSA) is 65.5 Å². The number of fused-ring (bicyclic) bond motifs is 1. The number of hydrogen-bond acceptors (Lipinski definition) is 3. The SMILES string of the molecule is C=C(CC)c1cc2c([nH]c1=O)C(=N/C)/C(=c1/cccc/c1=C\O)CC2C(C)(C)C. The summed E-state index contributed by atoms with van der Waals surface area (Å²) in [4.78, 5) is 20.5. The number of aliphatic imine (C=N–C) groups is 1. The summed E-state index contributed by atoms with van der Waals surface area (Å²) in [6.45, 7) is 12.7. The number of pyridine rings is 1. The van der Waals surface area contributed by atoms with Gasteiger partial charge in [-0.15, -0.1) is 0 Å². The van der Waals surface area contributed by atoms with Crippen LogP contribution in [0.4, 0.5) is 0 Å². The minimum Gasteiger partial charge on any atom is -0.515 e. The minimum atomic E-state index is -0.132. The number of aliphatic hydroxyl groups excluding tert-OH is 1. The second kappa shape index (κ2) is 7.86. The van der Waals surface area contributed by atoms with Gasteiger partial charge in [0.2, 0.25) is 0 Å². The van der Waals surface area contributed by atoms with Crippen LogP contribution in [0.25, 0.3) is 17.4 Å². The van der Waals surface area contributed by atoms with Gasteiger partial charge in [0.25, 0.3) is 5.56 Å². The summed E-state index contributed by atoms with van der Waals surface area (Å²) in [6.07, 6.45) is 2.64. The van der Waals surface area contributed by atoms with Gasteiger partial charge in [0, 0.05) is 17.8 Å². The summed E-state index contributed by atoms with van der Waals surface area (Å²) in [5.41, 5.74) is 5.04. The summed E-state index contributed by atoms with van der Waals surface area (Å²) in [7, 11) is 1.75. The van der Waals surface area contributed by atoms with Gasteiger partial charge in [-0.05, 0) is 52.2 Å². The van der Waals surface area contributed by atoms with Crippen LogP contribution >= 0.6 is 0 Å². The average Bonchev–Trinajstić information content (AvgIpc) is 2.70. The van der Waals surface area contributed by atoms with Gasteiger partial charge in [0.05, 0.1) is 17.7 Å². The predicted molar refractivity (Wildman–Crippen MR) is 122 cm³/mol. The van der Waals surface area contributed by atoms with Gasteiger partial charge in [0.1, 0.15) is 0 Å². The molecular formula is C25H30N2O2. The molecule has 0 fully saturated rings. The number of aliphatic hydroxyl groups is 1. The van der Waals surface area contributed by atoms with Crippen LogP contribution in [0.15, 0.2) is 46.7 Å². The molecule has 0 bridgehead atoms. The molecule has 3 rings (SSSR count). The van der Waals surface area contributed by atoms with E-state index in [0.29, 0.717) is 5.56 Å². The Kier molecular flexibility index (Phi) is 5.65. The number of nitrogens with one attached hydrogen (secondary N) is 1. The van der Waals surface area contributed by atoms with Crippen LogP contribution in [0.5, 0.6) is 0 Å². The second-order valence-corrected chi connectivity index (χ2v) is 8.69. The first kappa shape index (κ1) is 20.8. The normalized spacial score (nSPS) is 20.7. The van der Waals surface area contributed by atoms with Gasteiger partial charge < -0.3 is 10.1 Å². The van der Waals surface area contributed by atoms with Crippen LogP contribution in [0.2, 0.25) is 0 Å². The standard InChI is InChI=1S/C25H30N2O2/c1-7-15(2)18-12-20-21(25(3,4)5)13-19(17-11-9-8-10-16(17)14-28)22(26-6)23(20)27-24(18)29/h8-12,14,21,28H,2,7,13H2,1,3-6H3,(H,27,29)/b16-14+,19-17-,26-22+.